The molecule has 0 atom stereocenters. The first-order valence-corrected chi connectivity index (χ1v) is 2.62. The van der Waals surface area contributed by atoms with Crippen molar-refractivity contribution in [3.8, 4) is 0 Å². The first-order chi connectivity index (χ1) is 3.63. The van der Waals surface area contributed by atoms with Gasteiger partial charge in [0.25, 0.3) is 0 Å². The minimum absolute atomic E-state index is 0. The Hall–Kier alpha value is -0.660. The molecule has 0 bridgehead atoms. The molecule has 12 heavy (non-hydrogen) atoms. The Labute approximate surface area is 78.4 Å². The second-order valence-corrected chi connectivity index (χ2v) is 1.90. The molecule has 0 saturated heterocycles. The second kappa shape index (κ2) is 16.7. The lowest BCUT2D eigenvalue weighted by atomic mass is 10.2. The third-order valence-electron chi connectivity index (χ3n) is 0.829. The van der Waals surface area contributed by atoms with E-state index >= 15 is 0 Å². The van der Waals surface area contributed by atoms with Gasteiger partial charge in [0.1, 0.15) is 11.6 Å². The van der Waals surface area contributed by atoms with Crippen molar-refractivity contribution in [3.05, 3.63) is 0 Å². The molecular formula is C10H26O2. The van der Waals surface area contributed by atoms with Crippen LogP contribution in [0.15, 0.2) is 0 Å². The summed E-state index contributed by atoms with van der Waals surface area (Å²) in [5.41, 5.74) is 0. The summed E-state index contributed by atoms with van der Waals surface area (Å²) in [6.45, 7) is 2.98. The Balaban J connectivity index is -0.0000000408. The molecule has 0 spiro atoms. The molecule has 2 nitrogen and oxygen atoms in total. The molecule has 0 unspecified atom stereocenters. The van der Waals surface area contributed by atoms with Crippen LogP contribution in [-0.2, 0) is 9.59 Å². The third-order valence-corrected chi connectivity index (χ3v) is 0.829. The van der Waals surface area contributed by atoms with E-state index in [2.05, 4.69) is 0 Å². The maximum Gasteiger partial charge on any atom is 0.130 e. The first kappa shape index (κ1) is 30.2. The molecule has 0 aromatic rings. The van der Waals surface area contributed by atoms with Gasteiger partial charge in [0, 0.05) is 12.8 Å². The number of hydrogen-bond acceptors (Lipinski definition) is 2. The van der Waals surface area contributed by atoms with Crippen molar-refractivity contribution in [2.45, 2.75) is 56.4 Å². The number of Topliss-reactive ketones (excluding diaryl/α,β-unsaturated/α-hetero) is 2. The van der Waals surface area contributed by atoms with Crippen LogP contribution < -0.4 is 0 Å². The molecule has 0 heterocycles. The van der Waals surface area contributed by atoms with E-state index in [1.807, 2.05) is 0 Å². The maximum atomic E-state index is 10.2. The van der Waals surface area contributed by atoms with Gasteiger partial charge in [-0.15, -0.1) is 0 Å². The molecule has 0 aliphatic rings. The van der Waals surface area contributed by atoms with E-state index < -0.39 is 0 Å². The van der Waals surface area contributed by atoms with E-state index in [-0.39, 0.29) is 41.3 Å². The average Bonchev–Trinajstić information content (AvgIpc) is 1.61. The Morgan fingerprint density at radius 2 is 0.917 bits per heavy atom. The zero-order valence-electron chi connectivity index (χ0n) is 5.23. The third kappa shape index (κ3) is 34.5. The van der Waals surface area contributed by atoms with E-state index in [0.717, 1.165) is 0 Å². The highest BCUT2D eigenvalue weighted by Gasteiger charge is 1.95. The number of rotatable bonds is 3. The van der Waals surface area contributed by atoms with Gasteiger partial charge in [0.15, 0.2) is 0 Å². The van der Waals surface area contributed by atoms with Gasteiger partial charge in [-0.05, 0) is 13.8 Å². The minimum Gasteiger partial charge on any atom is -0.300 e. The molecule has 0 aliphatic carbocycles. The van der Waals surface area contributed by atoms with Crippen LogP contribution >= 0.6 is 0 Å². The molecule has 0 N–H and O–H groups in total. The molecule has 0 aromatic carbocycles. The van der Waals surface area contributed by atoms with E-state index in [9.17, 15) is 9.59 Å². The predicted molar refractivity (Wildman–Crippen MR) is 57.5 cm³/mol. The summed E-state index contributed by atoms with van der Waals surface area (Å²) in [6, 6.07) is 0. The molecule has 0 aromatic heterocycles. The second-order valence-electron chi connectivity index (χ2n) is 1.90. The van der Waals surface area contributed by atoms with Crippen molar-refractivity contribution in [1.29, 1.82) is 0 Å². The van der Waals surface area contributed by atoms with Gasteiger partial charge >= 0.3 is 0 Å². The smallest absolute Gasteiger partial charge is 0.130 e. The highest BCUT2D eigenvalue weighted by atomic mass is 16.1. The molecule has 78 valence electrons. The summed E-state index contributed by atoms with van der Waals surface area (Å²) >= 11 is 0. The van der Waals surface area contributed by atoms with E-state index in [1.54, 1.807) is 0 Å². The van der Waals surface area contributed by atoms with Crippen LogP contribution in [0, 0.1) is 0 Å². The van der Waals surface area contributed by atoms with Gasteiger partial charge < -0.3 is 9.59 Å². The molecule has 2 heteroatoms. The zero-order valence-corrected chi connectivity index (χ0v) is 5.23. The quantitative estimate of drug-likeness (QED) is 0.663. The fraction of sp³-hybridized carbons (Fsp3) is 0.800. The lowest BCUT2D eigenvalue weighted by Crippen LogP contribution is -1.95. The fourth-order valence-corrected chi connectivity index (χ4v) is 0.352. The van der Waals surface area contributed by atoms with Crippen molar-refractivity contribution in [1.82, 2.24) is 0 Å². The van der Waals surface area contributed by atoms with Crippen LogP contribution in [0.2, 0.25) is 0 Å². The summed E-state index contributed by atoms with van der Waals surface area (Å²) in [7, 11) is 0. The standard InChI is InChI=1S/C6H10O2.4CH4/c1-5(7)3-4-6(2)8;;;;/h3-4H2,1-2H3;4*1H4. The molecule has 0 amide bonds. The molecule has 0 radical (unpaired) electrons. The van der Waals surface area contributed by atoms with Crippen molar-refractivity contribution >= 4 is 11.6 Å². The maximum absolute atomic E-state index is 10.2. The van der Waals surface area contributed by atoms with Gasteiger partial charge in [0.05, 0.1) is 0 Å². The van der Waals surface area contributed by atoms with Gasteiger partial charge in [0.2, 0.25) is 0 Å². The van der Waals surface area contributed by atoms with Crippen LogP contribution in [0.4, 0.5) is 0 Å². The van der Waals surface area contributed by atoms with Crippen LogP contribution in [0.3, 0.4) is 0 Å². The number of carbonyl (C=O) groups excluding carboxylic acids is 2. The van der Waals surface area contributed by atoms with Gasteiger partial charge in [-0.1, -0.05) is 29.7 Å². The molecule has 0 saturated carbocycles. The predicted octanol–water partition coefficient (Wildman–Crippen LogP) is 3.49. The van der Waals surface area contributed by atoms with Crippen LogP contribution in [0.5, 0.6) is 0 Å². The topological polar surface area (TPSA) is 34.1 Å². The van der Waals surface area contributed by atoms with Crippen molar-refractivity contribution in [3.63, 3.8) is 0 Å². The van der Waals surface area contributed by atoms with Crippen molar-refractivity contribution in [2.24, 2.45) is 0 Å². The largest absolute Gasteiger partial charge is 0.300 e. The zero-order chi connectivity index (χ0) is 6.57. The fourth-order valence-electron chi connectivity index (χ4n) is 0.352. The lowest BCUT2D eigenvalue weighted by Gasteiger charge is -1.86. The average molecular weight is 178 g/mol. The summed E-state index contributed by atoms with van der Waals surface area (Å²) in [6.07, 6.45) is 0.796. The Morgan fingerprint density at radius 3 is 1.00 bits per heavy atom. The highest BCUT2D eigenvalue weighted by molar-refractivity contribution is 5.83. The van der Waals surface area contributed by atoms with Gasteiger partial charge in [-0.3, -0.25) is 0 Å². The Morgan fingerprint density at radius 1 is 0.750 bits per heavy atom. The monoisotopic (exact) mass is 178 g/mol. The molecular weight excluding hydrogens is 152 g/mol. The van der Waals surface area contributed by atoms with E-state index in [1.165, 1.54) is 13.8 Å². The minimum atomic E-state index is 0. The molecule has 0 fully saturated rings. The summed E-state index contributed by atoms with van der Waals surface area (Å²) in [5.74, 6) is 0.167. The number of carbonyl (C=O) groups is 2. The summed E-state index contributed by atoms with van der Waals surface area (Å²) < 4.78 is 0. The highest BCUT2D eigenvalue weighted by Crippen LogP contribution is 1.89. The van der Waals surface area contributed by atoms with E-state index in [4.69, 9.17) is 0 Å². The van der Waals surface area contributed by atoms with Crippen LogP contribution in [-0.4, -0.2) is 11.6 Å². The SMILES string of the molecule is C.C.C.C.CC(=O)CCC(C)=O. The van der Waals surface area contributed by atoms with Crippen molar-refractivity contribution in [2.75, 3.05) is 0 Å². The van der Waals surface area contributed by atoms with Crippen LogP contribution in [0.25, 0.3) is 0 Å². The van der Waals surface area contributed by atoms with E-state index in [0.29, 0.717) is 12.8 Å². The van der Waals surface area contributed by atoms with Crippen LogP contribution in [0.1, 0.15) is 56.4 Å². The number of hydrogen-bond donors (Lipinski definition) is 0. The first-order valence-electron chi connectivity index (χ1n) is 2.62. The molecule has 0 aliphatic heterocycles. The Kier molecular flexibility index (Phi) is 42.1. The number of ketones is 2. The van der Waals surface area contributed by atoms with Gasteiger partial charge in [-0.25, -0.2) is 0 Å². The van der Waals surface area contributed by atoms with Gasteiger partial charge in [-0.2, -0.15) is 0 Å². The summed E-state index contributed by atoms with van der Waals surface area (Å²) in [4.78, 5) is 20.4. The Bertz CT molecular complexity index is 92.4. The normalized spacial score (nSPS) is 5.83. The lowest BCUT2D eigenvalue weighted by molar-refractivity contribution is -0.122. The molecule has 0 rings (SSSR count). The summed E-state index contributed by atoms with van der Waals surface area (Å²) in [5, 5.41) is 0. The van der Waals surface area contributed by atoms with Crippen molar-refractivity contribution < 1.29 is 9.59 Å².